The molecule has 0 amide bonds. The van der Waals surface area contributed by atoms with Crippen LogP contribution in [0.4, 0.5) is 5.82 Å². The fourth-order valence-electron chi connectivity index (χ4n) is 1.58. The lowest BCUT2D eigenvalue weighted by Gasteiger charge is -2.09. The first-order valence-corrected chi connectivity index (χ1v) is 5.89. The van der Waals surface area contributed by atoms with Gasteiger partial charge in [-0.05, 0) is 24.6 Å². The fraction of sp³-hybridized carbons (Fsp3) is 0.154. The Morgan fingerprint density at radius 1 is 1.44 bits per heavy atom. The summed E-state index contributed by atoms with van der Waals surface area (Å²) in [6.45, 7) is 6.53. The Morgan fingerprint density at radius 3 is 2.94 bits per heavy atom. The van der Waals surface area contributed by atoms with Gasteiger partial charge in [0.1, 0.15) is 5.82 Å². The van der Waals surface area contributed by atoms with Gasteiger partial charge in [-0.3, -0.25) is 0 Å². The van der Waals surface area contributed by atoms with E-state index in [2.05, 4.69) is 51.9 Å². The van der Waals surface area contributed by atoms with Gasteiger partial charge < -0.3 is 5.32 Å². The first kappa shape index (κ1) is 11.1. The lowest BCUT2D eigenvalue weighted by Crippen LogP contribution is -2.04. The van der Waals surface area contributed by atoms with E-state index in [1.807, 2.05) is 18.2 Å². The Kier molecular flexibility index (Phi) is 3.25. The maximum absolute atomic E-state index is 4.57. The van der Waals surface area contributed by atoms with Gasteiger partial charge in [-0.15, -0.1) is 0 Å². The number of rotatable bonds is 3. The molecule has 0 saturated carbocycles. The molecule has 2 aromatic rings. The Morgan fingerprint density at radius 2 is 2.19 bits per heavy atom. The third-order valence-electron chi connectivity index (χ3n) is 2.36. The number of anilines is 1. The van der Waals surface area contributed by atoms with Gasteiger partial charge in [0.2, 0.25) is 0 Å². The molecule has 0 bridgehead atoms. The smallest absolute Gasteiger partial charge is 0.129 e. The minimum absolute atomic E-state index is 0.687. The van der Waals surface area contributed by atoms with Crippen LogP contribution in [-0.2, 0) is 0 Å². The van der Waals surface area contributed by atoms with Crippen molar-refractivity contribution in [2.75, 3.05) is 11.9 Å². The van der Waals surface area contributed by atoms with Gasteiger partial charge >= 0.3 is 0 Å². The van der Waals surface area contributed by atoms with E-state index in [0.29, 0.717) is 6.54 Å². The van der Waals surface area contributed by atoms with Crippen LogP contribution in [-0.4, -0.2) is 11.5 Å². The molecule has 1 heterocycles. The van der Waals surface area contributed by atoms with Crippen molar-refractivity contribution < 1.29 is 0 Å². The Labute approximate surface area is 104 Å². The van der Waals surface area contributed by atoms with Crippen molar-refractivity contribution >= 4 is 32.7 Å². The van der Waals surface area contributed by atoms with E-state index in [1.165, 1.54) is 5.39 Å². The average Bonchev–Trinajstić information content (AvgIpc) is 2.26. The van der Waals surface area contributed by atoms with E-state index in [4.69, 9.17) is 0 Å². The van der Waals surface area contributed by atoms with Gasteiger partial charge in [0.25, 0.3) is 0 Å². The third-order valence-corrected chi connectivity index (χ3v) is 2.64. The van der Waals surface area contributed by atoms with Gasteiger partial charge in [0.05, 0.1) is 5.52 Å². The molecule has 0 aliphatic heterocycles. The summed E-state index contributed by atoms with van der Waals surface area (Å²) in [6.07, 6.45) is 0. The molecule has 0 saturated heterocycles. The number of hydrogen-bond acceptors (Lipinski definition) is 2. The summed E-state index contributed by atoms with van der Waals surface area (Å²) in [5, 5.41) is 4.42. The highest BCUT2D eigenvalue weighted by atomic mass is 79.9. The predicted octanol–water partition coefficient (Wildman–Crippen LogP) is 3.86. The predicted molar refractivity (Wildman–Crippen MR) is 73.0 cm³/mol. The number of nitrogens with zero attached hydrogens (tertiary/aromatic N) is 1. The number of halogens is 1. The molecule has 0 fully saturated rings. The summed E-state index contributed by atoms with van der Waals surface area (Å²) >= 11 is 3.32. The van der Waals surface area contributed by atoms with E-state index < -0.39 is 0 Å². The summed E-state index contributed by atoms with van der Waals surface area (Å²) < 4.78 is 0.918. The number of aryl methyl sites for hydroxylation is 1. The molecular weight excluding hydrogens is 264 g/mol. The molecule has 2 rings (SSSR count). The first-order valence-electron chi connectivity index (χ1n) is 5.10. The minimum atomic E-state index is 0.687. The van der Waals surface area contributed by atoms with Crippen molar-refractivity contribution in [3.63, 3.8) is 0 Å². The van der Waals surface area contributed by atoms with E-state index >= 15 is 0 Å². The Hall–Kier alpha value is -1.35. The van der Waals surface area contributed by atoms with Crippen molar-refractivity contribution in [2.45, 2.75) is 6.92 Å². The molecule has 2 nitrogen and oxygen atoms in total. The van der Waals surface area contributed by atoms with Gasteiger partial charge in [0, 0.05) is 16.4 Å². The molecule has 0 aliphatic carbocycles. The van der Waals surface area contributed by atoms with Crippen LogP contribution in [0.5, 0.6) is 0 Å². The average molecular weight is 277 g/mol. The minimum Gasteiger partial charge on any atom is -0.365 e. The maximum Gasteiger partial charge on any atom is 0.129 e. The Bertz CT molecular complexity index is 534. The van der Waals surface area contributed by atoms with Crippen molar-refractivity contribution in [1.29, 1.82) is 0 Å². The van der Waals surface area contributed by atoms with E-state index in [0.717, 1.165) is 21.4 Å². The lowest BCUT2D eigenvalue weighted by molar-refractivity contribution is 1.22. The van der Waals surface area contributed by atoms with Crippen molar-refractivity contribution in [3.8, 4) is 0 Å². The zero-order chi connectivity index (χ0) is 11.5. The molecule has 1 N–H and O–H groups in total. The Balaban J connectivity index is 2.38. The van der Waals surface area contributed by atoms with Gasteiger partial charge in [-0.1, -0.05) is 40.7 Å². The molecule has 3 heteroatoms. The molecule has 1 aromatic heterocycles. The SMILES string of the molecule is C=C(Br)CNc1nc2ccccc2cc1C. The highest BCUT2D eigenvalue weighted by Gasteiger charge is 2.02. The summed E-state index contributed by atoms with van der Waals surface area (Å²) in [5.41, 5.74) is 2.16. The second-order valence-corrected chi connectivity index (χ2v) is 4.84. The van der Waals surface area contributed by atoms with Crippen LogP contribution in [0.2, 0.25) is 0 Å². The van der Waals surface area contributed by atoms with Crippen molar-refractivity contribution in [1.82, 2.24) is 4.98 Å². The number of hydrogen-bond donors (Lipinski definition) is 1. The molecule has 0 aliphatic rings. The molecule has 0 unspecified atom stereocenters. The fourth-order valence-corrected chi connectivity index (χ4v) is 1.72. The van der Waals surface area contributed by atoms with Gasteiger partial charge in [-0.25, -0.2) is 4.98 Å². The second kappa shape index (κ2) is 4.66. The zero-order valence-corrected chi connectivity index (χ0v) is 10.7. The lowest BCUT2D eigenvalue weighted by atomic mass is 10.1. The number of pyridine rings is 1. The van der Waals surface area contributed by atoms with Gasteiger partial charge in [0.15, 0.2) is 0 Å². The van der Waals surface area contributed by atoms with E-state index in [9.17, 15) is 0 Å². The molecular formula is C13H13BrN2. The van der Waals surface area contributed by atoms with Crippen LogP contribution in [0.3, 0.4) is 0 Å². The van der Waals surface area contributed by atoms with Crippen LogP contribution < -0.4 is 5.32 Å². The molecule has 16 heavy (non-hydrogen) atoms. The van der Waals surface area contributed by atoms with Crippen molar-refractivity contribution in [3.05, 3.63) is 47.0 Å². The normalized spacial score (nSPS) is 10.4. The molecule has 0 spiro atoms. The third kappa shape index (κ3) is 2.42. The van der Waals surface area contributed by atoms with Crippen LogP contribution in [0.15, 0.2) is 41.4 Å². The molecule has 0 radical (unpaired) electrons. The number of nitrogens with one attached hydrogen (secondary N) is 1. The summed E-state index contributed by atoms with van der Waals surface area (Å²) in [5.74, 6) is 0.916. The maximum atomic E-state index is 4.57. The van der Waals surface area contributed by atoms with Crippen LogP contribution in [0, 0.1) is 6.92 Å². The second-order valence-electron chi connectivity index (χ2n) is 3.72. The highest BCUT2D eigenvalue weighted by molar-refractivity contribution is 9.11. The quantitative estimate of drug-likeness (QED) is 0.921. The highest BCUT2D eigenvalue weighted by Crippen LogP contribution is 2.19. The van der Waals surface area contributed by atoms with Crippen LogP contribution in [0.1, 0.15) is 5.56 Å². The summed E-state index contributed by atoms with van der Waals surface area (Å²) in [7, 11) is 0. The standard InChI is InChI=1S/C13H13BrN2/c1-9-7-11-5-3-4-6-12(11)16-13(9)15-8-10(2)14/h3-7H,2,8H2,1H3,(H,15,16). The topological polar surface area (TPSA) is 24.9 Å². The molecule has 0 atom stereocenters. The number of fused-ring (bicyclic) bond motifs is 1. The van der Waals surface area contributed by atoms with Crippen LogP contribution in [0.25, 0.3) is 10.9 Å². The van der Waals surface area contributed by atoms with E-state index in [-0.39, 0.29) is 0 Å². The van der Waals surface area contributed by atoms with Crippen molar-refractivity contribution in [2.24, 2.45) is 0 Å². The zero-order valence-electron chi connectivity index (χ0n) is 9.13. The summed E-state index contributed by atoms with van der Waals surface area (Å²) in [6, 6.07) is 10.3. The monoisotopic (exact) mass is 276 g/mol. The molecule has 82 valence electrons. The van der Waals surface area contributed by atoms with Gasteiger partial charge in [-0.2, -0.15) is 0 Å². The number of benzene rings is 1. The largest absolute Gasteiger partial charge is 0.365 e. The summed E-state index contributed by atoms with van der Waals surface area (Å²) in [4.78, 5) is 4.57. The number of para-hydroxylation sites is 1. The number of aromatic nitrogens is 1. The van der Waals surface area contributed by atoms with E-state index in [1.54, 1.807) is 0 Å². The molecule has 1 aromatic carbocycles. The van der Waals surface area contributed by atoms with Crippen LogP contribution >= 0.6 is 15.9 Å². The first-order chi connectivity index (χ1) is 7.66.